The molecule has 0 amide bonds. The molecule has 15 heavy (non-hydrogen) atoms. The lowest BCUT2D eigenvalue weighted by atomic mass is 9.99. The molecule has 0 aliphatic carbocycles. The number of allylic oxidation sites excluding steroid dienone is 1. The Balaban J connectivity index is 2.49. The van der Waals surface area contributed by atoms with E-state index in [1.165, 1.54) is 11.1 Å². The summed E-state index contributed by atoms with van der Waals surface area (Å²) in [5.74, 6) is 0. The number of hydrogen-bond donors (Lipinski definition) is 1. The van der Waals surface area contributed by atoms with Crippen molar-refractivity contribution in [2.45, 2.75) is 39.2 Å². The maximum atomic E-state index is 5.91. The molecular formula is C14H21N. The van der Waals surface area contributed by atoms with Crippen LogP contribution in [-0.4, -0.2) is 5.54 Å². The maximum absolute atomic E-state index is 5.91. The van der Waals surface area contributed by atoms with Gasteiger partial charge in [-0.25, -0.2) is 0 Å². The summed E-state index contributed by atoms with van der Waals surface area (Å²) in [7, 11) is 0. The summed E-state index contributed by atoms with van der Waals surface area (Å²) in [5, 5.41) is 0. The zero-order valence-corrected chi connectivity index (χ0v) is 9.96. The van der Waals surface area contributed by atoms with E-state index in [-0.39, 0.29) is 5.54 Å². The average molecular weight is 203 g/mol. The topological polar surface area (TPSA) is 26.0 Å². The Labute approximate surface area is 93.0 Å². The largest absolute Gasteiger partial charge is 0.326 e. The molecule has 0 atom stereocenters. The molecule has 0 unspecified atom stereocenters. The summed E-state index contributed by atoms with van der Waals surface area (Å²) in [6.07, 6.45) is 6.45. The number of rotatable bonds is 4. The molecule has 1 aromatic carbocycles. The van der Waals surface area contributed by atoms with Gasteiger partial charge in [0.05, 0.1) is 0 Å². The second kappa shape index (κ2) is 5.13. The van der Waals surface area contributed by atoms with Crippen molar-refractivity contribution in [1.29, 1.82) is 0 Å². The number of nitrogens with two attached hydrogens (primary N) is 1. The lowest BCUT2D eigenvalue weighted by Crippen LogP contribution is -2.31. The molecule has 1 nitrogen and oxygen atoms in total. The highest BCUT2D eigenvalue weighted by Gasteiger charge is 2.07. The van der Waals surface area contributed by atoms with E-state index in [0.29, 0.717) is 0 Å². The van der Waals surface area contributed by atoms with Crippen molar-refractivity contribution < 1.29 is 0 Å². The Morgan fingerprint density at radius 1 is 1.27 bits per heavy atom. The van der Waals surface area contributed by atoms with Crippen LogP contribution in [-0.2, 0) is 0 Å². The fourth-order valence-electron chi connectivity index (χ4n) is 1.44. The number of benzene rings is 1. The molecule has 0 spiro atoms. The van der Waals surface area contributed by atoms with Crippen molar-refractivity contribution in [3.05, 3.63) is 41.5 Å². The van der Waals surface area contributed by atoms with Gasteiger partial charge in [0.2, 0.25) is 0 Å². The molecule has 2 N–H and O–H groups in total. The van der Waals surface area contributed by atoms with Crippen LogP contribution in [0.1, 0.15) is 37.8 Å². The third-order valence-corrected chi connectivity index (χ3v) is 2.44. The fraction of sp³-hybridized carbons (Fsp3) is 0.429. The highest BCUT2D eigenvalue weighted by atomic mass is 14.7. The Bertz CT molecular complexity index is 331. The van der Waals surface area contributed by atoms with Gasteiger partial charge in [0.1, 0.15) is 0 Å². The monoisotopic (exact) mass is 203 g/mol. The first-order valence-corrected chi connectivity index (χ1v) is 5.50. The van der Waals surface area contributed by atoms with Gasteiger partial charge in [0.25, 0.3) is 0 Å². The highest BCUT2D eigenvalue weighted by Crippen LogP contribution is 2.12. The van der Waals surface area contributed by atoms with Crippen LogP contribution in [0.2, 0.25) is 0 Å². The van der Waals surface area contributed by atoms with Crippen LogP contribution in [0.5, 0.6) is 0 Å². The maximum Gasteiger partial charge on any atom is 0.01000 e. The summed E-state index contributed by atoms with van der Waals surface area (Å²) in [6, 6.07) is 8.40. The fourth-order valence-corrected chi connectivity index (χ4v) is 1.44. The van der Waals surface area contributed by atoms with E-state index in [1.54, 1.807) is 0 Å². The standard InChI is InChI=1S/C14H21N/c1-12-8-4-5-9-13(12)10-6-7-11-14(2,3)15/h4-6,8-10H,7,11,15H2,1-3H3/b10-6+. The van der Waals surface area contributed by atoms with Crippen molar-refractivity contribution >= 4 is 6.08 Å². The van der Waals surface area contributed by atoms with Gasteiger partial charge in [-0.2, -0.15) is 0 Å². The van der Waals surface area contributed by atoms with Crippen LogP contribution in [0.25, 0.3) is 6.08 Å². The van der Waals surface area contributed by atoms with E-state index >= 15 is 0 Å². The van der Waals surface area contributed by atoms with Gasteiger partial charge in [-0.15, -0.1) is 0 Å². The van der Waals surface area contributed by atoms with Gasteiger partial charge >= 0.3 is 0 Å². The van der Waals surface area contributed by atoms with Gasteiger partial charge in [0, 0.05) is 5.54 Å². The second-order valence-electron chi connectivity index (χ2n) is 4.79. The summed E-state index contributed by atoms with van der Waals surface area (Å²) in [6.45, 7) is 6.26. The van der Waals surface area contributed by atoms with E-state index in [1.807, 2.05) is 0 Å². The highest BCUT2D eigenvalue weighted by molar-refractivity contribution is 5.53. The third-order valence-electron chi connectivity index (χ3n) is 2.44. The molecule has 1 rings (SSSR count). The predicted molar refractivity (Wildman–Crippen MR) is 67.7 cm³/mol. The lowest BCUT2D eigenvalue weighted by molar-refractivity contribution is 0.482. The van der Waals surface area contributed by atoms with E-state index in [0.717, 1.165) is 12.8 Å². The van der Waals surface area contributed by atoms with E-state index in [9.17, 15) is 0 Å². The first kappa shape index (κ1) is 12.0. The SMILES string of the molecule is Cc1ccccc1/C=C/CCC(C)(C)N. The Hall–Kier alpha value is -1.08. The number of hydrogen-bond acceptors (Lipinski definition) is 1. The molecule has 0 bridgehead atoms. The van der Waals surface area contributed by atoms with E-state index in [4.69, 9.17) is 5.73 Å². The Morgan fingerprint density at radius 3 is 2.53 bits per heavy atom. The van der Waals surface area contributed by atoms with Crippen LogP contribution in [0.4, 0.5) is 0 Å². The smallest absolute Gasteiger partial charge is 0.01000 e. The first-order chi connectivity index (χ1) is 6.99. The Kier molecular flexibility index (Phi) is 4.10. The molecule has 0 aliphatic rings. The minimum atomic E-state index is -0.0595. The van der Waals surface area contributed by atoms with Crippen molar-refractivity contribution in [1.82, 2.24) is 0 Å². The third kappa shape index (κ3) is 4.80. The Morgan fingerprint density at radius 2 is 1.93 bits per heavy atom. The first-order valence-electron chi connectivity index (χ1n) is 5.50. The quantitative estimate of drug-likeness (QED) is 0.796. The molecule has 0 aliphatic heterocycles. The molecule has 1 aromatic rings. The van der Waals surface area contributed by atoms with E-state index < -0.39 is 0 Å². The lowest BCUT2D eigenvalue weighted by Gasteiger charge is -2.16. The number of aryl methyl sites for hydroxylation is 1. The van der Waals surface area contributed by atoms with Crippen LogP contribution in [0.15, 0.2) is 30.3 Å². The average Bonchev–Trinajstić information content (AvgIpc) is 2.13. The predicted octanol–water partition coefficient (Wildman–Crippen LogP) is 3.53. The van der Waals surface area contributed by atoms with Gasteiger partial charge in [-0.1, -0.05) is 36.4 Å². The molecule has 0 saturated carbocycles. The minimum absolute atomic E-state index is 0.0595. The zero-order valence-electron chi connectivity index (χ0n) is 9.96. The molecule has 0 saturated heterocycles. The van der Waals surface area contributed by atoms with Gasteiger partial charge in [0.15, 0.2) is 0 Å². The summed E-state index contributed by atoms with van der Waals surface area (Å²) >= 11 is 0. The van der Waals surface area contributed by atoms with Gasteiger partial charge in [-0.05, 0) is 44.7 Å². The normalized spacial score (nSPS) is 12.3. The van der Waals surface area contributed by atoms with Gasteiger partial charge in [-0.3, -0.25) is 0 Å². The summed E-state index contributed by atoms with van der Waals surface area (Å²) in [5.41, 5.74) is 8.47. The van der Waals surface area contributed by atoms with Crippen LogP contribution in [0, 0.1) is 6.92 Å². The molecule has 0 heterocycles. The van der Waals surface area contributed by atoms with Gasteiger partial charge < -0.3 is 5.73 Å². The van der Waals surface area contributed by atoms with Crippen LogP contribution in [0.3, 0.4) is 0 Å². The molecule has 1 heteroatoms. The second-order valence-corrected chi connectivity index (χ2v) is 4.79. The summed E-state index contributed by atoms with van der Waals surface area (Å²) < 4.78 is 0. The van der Waals surface area contributed by atoms with Crippen LogP contribution < -0.4 is 5.73 Å². The molecule has 0 aromatic heterocycles. The van der Waals surface area contributed by atoms with Crippen molar-refractivity contribution in [3.63, 3.8) is 0 Å². The molecule has 82 valence electrons. The molecule has 0 fully saturated rings. The van der Waals surface area contributed by atoms with Crippen LogP contribution >= 0.6 is 0 Å². The molecular weight excluding hydrogens is 182 g/mol. The zero-order chi connectivity index (χ0) is 11.3. The van der Waals surface area contributed by atoms with E-state index in [2.05, 4.69) is 57.2 Å². The van der Waals surface area contributed by atoms with Crippen molar-refractivity contribution in [2.75, 3.05) is 0 Å². The molecule has 0 radical (unpaired) electrons. The van der Waals surface area contributed by atoms with Crippen molar-refractivity contribution in [3.8, 4) is 0 Å². The minimum Gasteiger partial charge on any atom is -0.326 e. The summed E-state index contributed by atoms with van der Waals surface area (Å²) in [4.78, 5) is 0. The van der Waals surface area contributed by atoms with Crippen molar-refractivity contribution in [2.24, 2.45) is 5.73 Å².